The summed E-state index contributed by atoms with van der Waals surface area (Å²) in [5.74, 6) is -2.30. The Labute approximate surface area is 232 Å². The maximum atomic E-state index is 12.7. The molecule has 0 aromatic heterocycles. The summed E-state index contributed by atoms with van der Waals surface area (Å²) < 4.78 is 15.1. The van der Waals surface area contributed by atoms with Crippen molar-refractivity contribution in [1.82, 2.24) is 26.6 Å². The van der Waals surface area contributed by atoms with Gasteiger partial charge in [0.2, 0.25) is 23.6 Å². The molecule has 0 aliphatic heterocycles. The van der Waals surface area contributed by atoms with E-state index in [1.807, 2.05) is 5.32 Å². The highest BCUT2D eigenvalue weighted by Crippen LogP contribution is 2.03. The molecule has 0 rings (SSSR count). The molecule has 9 N–H and O–H groups in total. The summed E-state index contributed by atoms with van der Waals surface area (Å²) >= 11 is 0. The summed E-state index contributed by atoms with van der Waals surface area (Å²) in [6.45, 7) is 0.534. The van der Waals surface area contributed by atoms with Gasteiger partial charge in [-0.1, -0.05) is 0 Å². The molecule has 2 atom stereocenters. The topological polar surface area (TPSA) is 254 Å². The Morgan fingerprint density at radius 2 is 0.950 bits per heavy atom. The average molecular weight is 582 g/mol. The molecular weight excluding hydrogens is 538 g/mol. The van der Waals surface area contributed by atoms with Crippen LogP contribution in [0.2, 0.25) is 0 Å². The van der Waals surface area contributed by atoms with Crippen molar-refractivity contribution >= 4 is 29.7 Å². The average Bonchev–Trinajstić information content (AvgIpc) is 2.92. The van der Waals surface area contributed by atoms with E-state index >= 15 is 0 Å². The number of hydrogen-bond acceptors (Lipinski definition) is 11. The third kappa shape index (κ3) is 20.8. The number of aliphatic hydroxyl groups excluding tert-OH is 3. The number of amides is 5. The first kappa shape index (κ1) is 36.9. The van der Waals surface area contributed by atoms with E-state index in [2.05, 4.69) is 21.3 Å². The van der Waals surface area contributed by atoms with E-state index in [0.29, 0.717) is 0 Å². The van der Waals surface area contributed by atoms with Gasteiger partial charge in [-0.05, 0) is 12.8 Å². The second-order valence-corrected chi connectivity index (χ2v) is 8.14. The van der Waals surface area contributed by atoms with Gasteiger partial charge in [-0.2, -0.15) is 0 Å². The van der Waals surface area contributed by atoms with Gasteiger partial charge in [0.15, 0.2) is 0 Å². The highest BCUT2D eigenvalue weighted by Gasteiger charge is 2.25. The van der Waals surface area contributed by atoms with Gasteiger partial charge < -0.3 is 61.2 Å². The first-order chi connectivity index (χ1) is 19.2. The van der Waals surface area contributed by atoms with Crippen LogP contribution in [0, 0.1) is 0 Å². The molecule has 0 radical (unpaired) electrons. The van der Waals surface area contributed by atoms with Crippen LogP contribution in [-0.2, 0) is 33.4 Å². The Hall–Kier alpha value is -3.09. The van der Waals surface area contributed by atoms with Crippen LogP contribution in [-0.4, -0.2) is 141 Å². The fourth-order valence-electron chi connectivity index (χ4n) is 3.09. The second-order valence-electron chi connectivity index (χ2n) is 8.14. The molecule has 17 heteroatoms. The van der Waals surface area contributed by atoms with Gasteiger partial charge in [0.25, 0.3) is 0 Å². The van der Waals surface area contributed by atoms with E-state index in [0.717, 1.165) is 0 Å². The van der Waals surface area contributed by atoms with Crippen molar-refractivity contribution < 1.29 is 58.6 Å². The molecule has 0 fully saturated rings. The summed E-state index contributed by atoms with van der Waals surface area (Å²) in [5.41, 5.74) is 0. The van der Waals surface area contributed by atoms with E-state index < -0.39 is 41.8 Å². The molecule has 40 heavy (non-hydrogen) atoms. The van der Waals surface area contributed by atoms with Crippen LogP contribution in [0.5, 0.6) is 0 Å². The van der Waals surface area contributed by atoms with Crippen molar-refractivity contribution in [2.75, 3.05) is 79.1 Å². The minimum atomic E-state index is -1.47. The zero-order chi connectivity index (χ0) is 30.0. The van der Waals surface area contributed by atoms with Gasteiger partial charge in [0.1, 0.15) is 12.1 Å². The van der Waals surface area contributed by atoms with Crippen LogP contribution in [0.3, 0.4) is 0 Å². The zero-order valence-electron chi connectivity index (χ0n) is 22.5. The molecule has 0 bridgehead atoms. The van der Waals surface area contributed by atoms with Gasteiger partial charge in [-0.25, -0.2) is 4.79 Å². The highest BCUT2D eigenvalue weighted by molar-refractivity contribution is 5.89. The number of carbonyl (C=O) groups excluding carboxylic acids is 4. The third-order valence-corrected chi connectivity index (χ3v) is 4.95. The van der Waals surface area contributed by atoms with Crippen molar-refractivity contribution in [1.29, 1.82) is 0 Å². The van der Waals surface area contributed by atoms with Crippen LogP contribution < -0.4 is 26.6 Å². The van der Waals surface area contributed by atoms with Crippen molar-refractivity contribution in [2.24, 2.45) is 0 Å². The smallest absolute Gasteiger partial charge is 0.405 e. The number of ether oxygens (including phenoxy) is 3. The minimum Gasteiger partial charge on any atom is -0.465 e. The lowest BCUT2D eigenvalue weighted by atomic mass is 10.1. The molecule has 5 amide bonds. The number of hydrogen-bond donors (Lipinski definition) is 9. The number of carbonyl (C=O) groups is 5. The lowest BCUT2D eigenvalue weighted by Crippen LogP contribution is -2.49. The standard InChI is InChI=1S/C23H43N5O12/c29-8-14-38-11-5-24-19(32)3-1-17(21(34)25-6-12-39-15-9-30)27-20(33)4-2-18(28-23(36)37)22(35)26-7-13-40-16-10-31/h17-18,28-31H,1-16H2,(H,24,32)(H,25,34)(H,26,35)(H,27,33)(H,36,37). The molecule has 0 saturated carbocycles. The molecular formula is C23H43N5O12. The molecule has 2 unspecified atom stereocenters. The normalized spacial score (nSPS) is 12.2. The highest BCUT2D eigenvalue weighted by atomic mass is 16.5. The second kappa shape index (κ2) is 24.9. The quantitative estimate of drug-likeness (QED) is 0.0468. The molecule has 0 aromatic rings. The Morgan fingerprint density at radius 3 is 1.38 bits per heavy atom. The largest absolute Gasteiger partial charge is 0.465 e. The van der Waals surface area contributed by atoms with Gasteiger partial charge in [0, 0.05) is 32.5 Å². The van der Waals surface area contributed by atoms with Gasteiger partial charge in [-0.3, -0.25) is 19.2 Å². The number of nitrogens with one attached hydrogen (secondary N) is 5. The fourth-order valence-corrected chi connectivity index (χ4v) is 3.09. The van der Waals surface area contributed by atoms with E-state index in [1.54, 1.807) is 0 Å². The first-order valence-electron chi connectivity index (χ1n) is 12.9. The van der Waals surface area contributed by atoms with E-state index in [-0.39, 0.29) is 105 Å². The molecule has 0 spiro atoms. The van der Waals surface area contributed by atoms with Crippen molar-refractivity contribution in [3.05, 3.63) is 0 Å². The van der Waals surface area contributed by atoms with E-state index in [4.69, 9.17) is 34.6 Å². The minimum absolute atomic E-state index is 0.0521. The van der Waals surface area contributed by atoms with Crippen LogP contribution in [0.15, 0.2) is 0 Å². The SMILES string of the molecule is O=C(O)NC(CCC(=O)NC(CCC(=O)NCCOCCO)C(=O)NCCOCCO)C(=O)NCCOCCO. The number of aliphatic hydroxyl groups is 3. The Balaban J connectivity index is 4.93. The zero-order valence-corrected chi connectivity index (χ0v) is 22.5. The fraction of sp³-hybridized carbons (Fsp3) is 0.783. The van der Waals surface area contributed by atoms with Gasteiger partial charge in [0.05, 0.1) is 59.5 Å². The third-order valence-electron chi connectivity index (χ3n) is 4.95. The predicted molar refractivity (Wildman–Crippen MR) is 138 cm³/mol. The summed E-state index contributed by atoms with van der Waals surface area (Å²) in [6.07, 6.45) is -2.14. The van der Waals surface area contributed by atoms with Crippen LogP contribution >= 0.6 is 0 Å². The Morgan fingerprint density at radius 1 is 0.550 bits per heavy atom. The summed E-state index contributed by atoms with van der Waals surface area (Å²) in [5, 5.41) is 47.3. The van der Waals surface area contributed by atoms with Gasteiger partial charge in [-0.15, -0.1) is 0 Å². The van der Waals surface area contributed by atoms with Crippen molar-refractivity contribution in [3.63, 3.8) is 0 Å². The first-order valence-corrected chi connectivity index (χ1v) is 12.9. The summed E-state index contributed by atoms with van der Waals surface area (Å²) in [4.78, 5) is 60.8. The summed E-state index contributed by atoms with van der Waals surface area (Å²) in [6, 6.07) is -2.36. The monoisotopic (exact) mass is 581 g/mol. The van der Waals surface area contributed by atoms with E-state index in [9.17, 15) is 24.0 Å². The number of rotatable bonds is 25. The molecule has 17 nitrogen and oxygen atoms in total. The molecule has 232 valence electrons. The Kier molecular flexibility index (Phi) is 23.0. The number of carboxylic acid groups (broad SMARTS) is 1. The van der Waals surface area contributed by atoms with E-state index in [1.165, 1.54) is 0 Å². The maximum absolute atomic E-state index is 12.7. The maximum Gasteiger partial charge on any atom is 0.405 e. The molecule has 0 saturated heterocycles. The van der Waals surface area contributed by atoms with Crippen LogP contribution in [0.25, 0.3) is 0 Å². The van der Waals surface area contributed by atoms with Crippen molar-refractivity contribution in [2.45, 2.75) is 37.8 Å². The lowest BCUT2D eigenvalue weighted by Gasteiger charge is -2.20. The molecule has 0 aliphatic rings. The van der Waals surface area contributed by atoms with Crippen molar-refractivity contribution in [3.8, 4) is 0 Å². The molecule has 0 aromatic carbocycles. The lowest BCUT2D eigenvalue weighted by molar-refractivity contribution is -0.130. The summed E-state index contributed by atoms with van der Waals surface area (Å²) in [7, 11) is 0. The van der Waals surface area contributed by atoms with Crippen LogP contribution in [0.4, 0.5) is 4.79 Å². The van der Waals surface area contributed by atoms with Crippen LogP contribution in [0.1, 0.15) is 25.7 Å². The van der Waals surface area contributed by atoms with Gasteiger partial charge >= 0.3 is 6.09 Å². The molecule has 0 aliphatic carbocycles. The predicted octanol–water partition coefficient (Wildman–Crippen LogP) is -3.96. The molecule has 0 heterocycles. The Bertz CT molecular complexity index is 743.